The minimum Gasteiger partial charge on any atom is -0.491 e. The standard InChI is InChI=1S/C25H29N3O2/c1-26-24-11-10-19(13-25(24)27-2)18-8-5-9-23(12-18)30-17-22(29)16-28-14-20-6-3-4-7-21(20)15-28/h3-13,22,26-27,29H,14-17H2,1-2H3/t22-/m1/s1. The molecule has 0 unspecified atom stereocenters. The van der Waals surface area contributed by atoms with Crippen LogP contribution in [0.3, 0.4) is 0 Å². The Hall–Kier alpha value is -3.02. The summed E-state index contributed by atoms with van der Waals surface area (Å²) in [5.41, 5.74) is 6.99. The molecule has 3 aromatic carbocycles. The second kappa shape index (κ2) is 9.20. The van der Waals surface area contributed by atoms with Crippen LogP contribution in [0.5, 0.6) is 5.75 Å². The van der Waals surface area contributed by atoms with Gasteiger partial charge in [0.2, 0.25) is 0 Å². The number of nitrogens with one attached hydrogen (secondary N) is 2. The second-order valence-corrected chi connectivity index (χ2v) is 7.69. The summed E-state index contributed by atoms with van der Waals surface area (Å²) in [5, 5.41) is 16.9. The Morgan fingerprint density at radius 3 is 2.27 bits per heavy atom. The van der Waals surface area contributed by atoms with E-state index in [0.29, 0.717) is 6.54 Å². The Morgan fingerprint density at radius 1 is 0.867 bits per heavy atom. The molecule has 30 heavy (non-hydrogen) atoms. The normalized spacial score (nSPS) is 14.2. The maximum absolute atomic E-state index is 10.5. The highest BCUT2D eigenvalue weighted by atomic mass is 16.5. The van der Waals surface area contributed by atoms with E-state index in [1.807, 2.05) is 32.3 Å². The zero-order valence-electron chi connectivity index (χ0n) is 17.6. The van der Waals surface area contributed by atoms with Crippen LogP contribution in [0, 0.1) is 0 Å². The first-order chi connectivity index (χ1) is 14.7. The predicted molar refractivity (Wildman–Crippen MR) is 123 cm³/mol. The molecule has 3 aromatic rings. The van der Waals surface area contributed by atoms with Crippen molar-refractivity contribution < 1.29 is 9.84 Å². The summed E-state index contributed by atoms with van der Waals surface area (Å²) >= 11 is 0. The van der Waals surface area contributed by atoms with Crippen LogP contribution < -0.4 is 15.4 Å². The number of nitrogens with zero attached hydrogens (tertiary/aromatic N) is 1. The van der Waals surface area contributed by atoms with Crippen LogP contribution in [-0.2, 0) is 13.1 Å². The maximum Gasteiger partial charge on any atom is 0.120 e. The molecule has 0 saturated heterocycles. The largest absolute Gasteiger partial charge is 0.491 e. The van der Waals surface area contributed by atoms with Crippen LogP contribution in [0.25, 0.3) is 11.1 Å². The molecule has 0 spiro atoms. The van der Waals surface area contributed by atoms with Gasteiger partial charge < -0.3 is 20.5 Å². The maximum atomic E-state index is 10.5. The molecule has 0 amide bonds. The Morgan fingerprint density at radius 2 is 1.57 bits per heavy atom. The third-order valence-electron chi connectivity index (χ3n) is 5.54. The zero-order valence-corrected chi connectivity index (χ0v) is 17.6. The van der Waals surface area contributed by atoms with Gasteiger partial charge in [-0.25, -0.2) is 0 Å². The quantitative estimate of drug-likeness (QED) is 0.526. The summed E-state index contributed by atoms with van der Waals surface area (Å²) in [6, 6.07) is 22.7. The van der Waals surface area contributed by atoms with Crippen molar-refractivity contribution in [1.82, 2.24) is 4.90 Å². The van der Waals surface area contributed by atoms with Gasteiger partial charge in [-0.3, -0.25) is 4.90 Å². The van der Waals surface area contributed by atoms with Gasteiger partial charge in [0.05, 0.1) is 11.4 Å². The summed E-state index contributed by atoms with van der Waals surface area (Å²) in [6.45, 7) is 2.65. The average molecular weight is 404 g/mol. The molecule has 4 rings (SSSR count). The fourth-order valence-electron chi connectivity index (χ4n) is 3.99. The van der Waals surface area contributed by atoms with Gasteiger partial charge in [-0.05, 0) is 46.5 Å². The molecule has 1 aliphatic rings. The molecule has 0 aromatic heterocycles. The second-order valence-electron chi connectivity index (χ2n) is 7.69. The summed E-state index contributed by atoms with van der Waals surface area (Å²) in [7, 11) is 3.83. The van der Waals surface area contributed by atoms with E-state index in [-0.39, 0.29) is 6.61 Å². The fraction of sp³-hybridized carbons (Fsp3) is 0.280. The van der Waals surface area contributed by atoms with Gasteiger partial charge in [-0.2, -0.15) is 0 Å². The molecule has 5 nitrogen and oxygen atoms in total. The highest BCUT2D eigenvalue weighted by molar-refractivity contribution is 5.77. The lowest BCUT2D eigenvalue weighted by atomic mass is 10.0. The minimum absolute atomic E-state index is 0.275. The molecular weight excluding hydrogens is 374 g/mol. The molecule has 5 heteroatoms. The lowest BCUT2D eigenvalue weighted by molar-refractivity contribution is 0.0673. The molecule has 1 heterocycles. The van der Waals surface area contributed by atoms with Gasteiger partial charge in [0.25, 0.3) is 0 Å². The van der Waals surface area contributed by atoms with Crippen LogP contribution in [0.15, 0.2) is 66.7 Å². The zero-order chi connectivity index (χ0) is 20.9. The van der Waals surface area contributed by atoms with Gasteiger partial charge in [0.15, 0.2) is 0 Å². The summed E-state index contributed by atoms with van der Waals surface area (Å²) < 4.78 is 5.91. The number of benzene rings is 3. The van der Waals surface area contributed by atoms with Crippen molar-refractivity contribution in [3.8, 4) is 16.9 Å². The van der Waals surface area contributed by atoms with Crippen molar-refractivity contribution in [3.05, 3.63) is 77.9 Å². The Balaban J connectivity index is 1.36. The van der Waals surface area contributed by atoms with Gasteiger partial charge in [0.1, 0.15) is 18.5 Å². The van der Waals surface area contributed by atoms with Gasteiger partial charge in [-0.15, -0.1) is 0 Å². The molecule has 0 radical (unpaired) electrons. The summed E-state index contributed by atoms with van der Waals surface area (Å²) in [5.74, 6) is 0.764. The number of hydrogen-bond acceptors (Lipinski definition) is 5. The lowest BCUT2D eigenvalue weighted by Crippen LogP contribution is -2.32. The van der Waals surface area contributed by atoms with E-state index in [1.54, 1.807) is 0 Å². The molecule has 0 saturated carbocycles. The fourth-order valence-corrected chi connectivity index (χ4v) is 3.99. The highest BCUT2D eigenvalue weighted by Gasteiger charge is 2.20. The van der Waals surface area contributed by atoms with Crippen LogP contribution in [-0.4, -0.2) is 43.4 Å². The number of fused-ring (bicyclic) bond motifs is 1. The third-order valence-corrected chi connectivity index (χ3v) is 5.54. The Kier molecular flexibility index (Phi) is 6.21. The molecule has 1 atom stereocenters. The predicted octanol–water partition coefficient (Wildman–Crippen LogP) is 4.19. The lowest BCUT2D eigenvalue weighted by Gasteiger charge is -2.20. The van der Waals surface area contributed by atoms with Crippen LogP contribution in [0.4, 0.5) is 11.4 Å². The van der Waals surface area contributed by atoms with Crippen LogP contribution >= 0.6 is 0 Å². The number of hydrogen-bond donors (Lipinski definition) is 3. The van der Waals surface area contributed by atoms with Gasteiger partial charge in [-0.1, -0.05) is 42.5 Å². The Bertz CT molecular complexity index is 980. The summed E-state index contributed by atoms with van der Waals surface area (Å²) in [4.78, 5) is 2.26. The van der Waals surface area contributed by atoms with Gasteiger partial charge >= 0.3 is 0 Å². The SMILES string of the molecule is CNc1ccc(-c2cccc(OC[C@H](O)CN3Cc4ccccc4C3)c2)cc1NC. The van der Waals surface area contributed by atoms with Crippen LogP contribution in [0.1, 0.15) is 11.1 Å². The average Bonchev–Trinajstić information content (AvgIpc) is 3.19. The molecular formula is C25H29N3O2. The Labute approximate surface area is 178 Å². The number of ether oxygens (including phenoxy) is 1. The van der Waals surface area contributed by atoms with Crippen molar-refractivity contribution in [2.75, 3.05) is 37.9 Å². The number of aliphatic hydroxyl groups is 1. The van der Waals surface area contributed by atoms with Crippen LogP contribution in [0.2, 0.25) is 0 Å². The first kappa shape index (κ1) is 20.3. The smallest absolute Gasteiger partial charge is 0.120 e. The number of anilines is 2. The number of β-amino-alcohol motifs (C(OH)–C–C–N with tert-alkyl or cyclic N) is 1. The third kappa shape index (κ3) is 4.58. The van der Waals surface area contributed by atoms with Crippen molar-refractivity contribution in [1.29, 1.82) is 0 Å². The molecule has 156 valence electrons. The van der Waals surface area contributed by atoms with E-state index in [1.165, 1.54) is 11.1 Å². The molecule has 3 N–H and O–H groups in total. The van der Waals surface area contributed by atoms with E-state index in [0.717, 1.165) is 41.3 Å². The van der Waals surface area contributed by atoms with E-state index in [2.05, 4.69) is 64.1 Å². The first-order valence-electron chi connectivity index (χ1n) is 10.4. The van der Waals surface area contributed by atoms with Crippen molar-refractivity contribution >= 4 is 11.4 Å². The van der Waals surface area contributed by atoms with E-state index < -0.39 is 6.10 Å². The molecule has 0 aliphatic carbocycles. The van der Waals surface area contributed by atoms with Crippen molar-refractivity contribution in [2.24, 2.45) is 0 Å². The van der Waals surface area contributed by atoms with E-state index >= 15 is 0 Å². The molecule has 1 aliphatic heterocycles. The van der Waals surface area contributed by atoms with E-state index in [9.17, 15) is 5.11 Å². The molecule has 0 bridgehead atoms. The first-order valence-corrected chi connectivity index (χ1v) is 10.4. The number of rotatable bonds is 8. The van der Waals surface area contributed by atoms with Gasteiger partial charge in [0, 0.05) is 33.7 Å². The highest BCUT2D eigenvalue weighted by Crippen LogP contribution is 2.30. The van der Waals surface area contributed by atoms with E-state index in [4.69, 9.17) is 4.74 Å². The topological polar surface area (TPSA) is 56.8 Å². The monoisotopic (exact) mass is 403 g/mol. The molecule has 0 fully saturated rings. The minimum atomic E-state index is -0.534. The number of aliphatic hydroxyl groups excluding tert-OH is 1. The van der Waals surface area contributed by atoms with Crippen molar-refractivity contribution in [3.63, 3.8) is 0 Å². The van der Waals surface area contributed by atoms with Crippen molar-refractivity contribution in [2.45, 2.75) is 19.2 Å². The summed E-state index contributed by atoms with van der Waals surface area (Å²) in [6.07, 6.45) is -0.534.